The molecule has 0 fully saturated rings. The van der Waals surface area contributed by atoms with Crippen molar-refractivity contribution in [3.63, 3.8) is 0 Å². The van der Waals surface area contributed by atoms with E-state index in [9.17, 15) is 4.79 Å². The molecule has 4 nitrogen and oxygen atoms in total. The Kier molecular flexibility index (Phi) is 6.22. The van der Waals surface area contributed by atoms with Crippen molar-refractivity contribution >= 4 is 5.97 Å². The lowest BCUT2D eigenvalue weighted by atomic mass is 10.1. The van der Waals surface area contributed by atoms with Crippen LogP contribution in [0.2, 0.25) is 0 Å². The number of aliphatic carboxylic acids is 1. The molecule has 1 unspecified atom stereocenters. The highest BCUT2D eigenvalue weighted by Gasteiger charge is 2.14. The molecule has 0 aromatic heterocycles. The van der Waals surface area contributed by atoms with Gasteiger partial charge in [0.2, 0.25) is 0 Å². The van der Waals surface area contributed by atoms with E-state index in [4.69, 9.17) is 9.84 Å². The van der Waals surface area contributed by atoms with Crippen molar-refractivity contribution in [3.05, 3.63) is 29.8 Å². The van der Waals surface area contributed by atoms with Crippen molar-refractivity contribution in [2.24, 2.45) is 0 Å². The molecule has 1 atom stereocenters. The minimum absolute atomic E-state index is 0.454. The summed E-state index contributed by atoms with van der Waals surface area (Å²) in [4.78, 5) is 11.0. The van der Waals surface area contributed by atoms with E-state index in [0.717, 1.165) is 24.2 Å². The average Bonchev–Trinajstić information content (AvgIpc) is 2.38. The number of carbonyl (C=O) groups is 1. The maximum Gasteiger partial charge on any atom is 0.320 e. The number of hydrogen-bond donors (Lipinski definition) is 2. The lowest BCUT2D eigenvalue weighted by molar-refractivity contribution is -0.139. The van der Waals surface area contributed by atoms with Gasteiger partial charge in [0, 0.05) is 6.54 Å². The van der Waals surface area contributed by atoms with Gasteiger partial charge in [-0.3, -0.25) is 4.79 Å². The number of ether oxygens (including phenoxy) is 1. The maximum absolute atomic E-state index is 11.0. The van der Waals surface area contributed by atoms with Crippen molar-refractivity contribution in [2.45, 2.75) is 32.2 Å². The lowest BCUT2D eigenvalue weighted by Gasteiger charge is -2.14. The van der Waals surface area contributed by atoms with Gasteiger partial charge in [-0.15, -0.1) is 0 Å². The molecule has 100 valence electrons. The quantitative estimate of drug-likeness (QED) is 0.742. The molecule has 0 bridgehead atoms. The van der Waals surface area contributed by atoms with E-state index < -0.39 is 12.0 Å². The molecule has 1 aromatic carbocycles. The SMILES string of the molecule is CCCC(NCCc1ccccc1OC)C(=O)O. The molecule has 18 heavy (non-hydrogen) atoms. The fourth-order valence-electron chi connectivity index (χ4n) is 1.89. The first kappa shape index (κ1) is 14.5. The predicted octanol–water partition coefficient (Wildman–Crippen LogP) is 2.08. The number of nitrogens with one attached hydrogen (secondary N) is 1. The zero-order valence-electron chi connectivity index (χ0n) is 11.0. The second kappa shape index (κ2) is 7.71. The molecule has 0 saturated heterocycles. The first-order chi connectivity index (χ1) is 8.69. The predicted molar refractivity (Wildman–Crippen MR) is 71.0 cm³/mol. The summed E-state index contributed by atoms with van der Waals surface area (Å²) < 4.78 is 5.25. The van der Waals surface area contributed by atoms with Crippen LogP contribution in [-0.2, 0) is 11.2 Å². The number of para-hydroxylation sites is 1. The van der Waals surface area contributed by atoms with E-state index in [0.29, 0.717) is 13.0 Å². The molecule has 1 rings (SSSR count). The molecular formula is C14H21NO3. The first-order valence-electron chi connectivity index (χ1n) is 6.27. The van der Waals surface area contributed by atoms with Crippen molar-refractivity contribution in [3.8, 4) is 5.75 Å². The third-order valence-electron chi connectivity index (χ3n) is 2.85. The minimum atomic E-state index is -0.781. The summed E-state index contributed by atoms with van der Waals surface area (Å²) in [7, 11) is 1.64. The van der Waals surface area contributed by atoms with Crippen LogP contribution in [0, 0.1) is 0 Å². The smallest absolute Gasteiger partial charge is 0.320 e. The maximum atomic E-state index is 11.0. The number of carboxylic acid groups (broad SMARTS) is 1. The number of rotatable bonds is 8. The third-order valence-corrected chi connectivity index (χ3v) is 2.85. The molecule has 0 amide bonds. The summed E-state index contributed by atoms with van der Waals surface area (Å²) in [5.74, 6) is 0.0681. The number of carboxylic acids is 1. The molecule has 0 aliphatic heterocycles. The topological polar surface area (TPSA) is 58.6 Å². The van der Waals surface area contributed by atoms with Gasteiger partial charge in [-0.1, -0.05) is 31.5 Å². The van der Waals surface area contributed by atoms with E-state index in [1.807, 2.05) is 31.2 Å². The highest BCUT2D eigenvalue weighted by atomic mass is 16.5. The molecule has 4 heteroatoms. The van der Waals surface area contributed by atoms with Crippen LogP contribution in [0.1, 0.15) is 25.3 Å². The first-order valence-corrected chi connectivity index (χ1v) is 6.27. The molecule has 2 N–H and O–H groups in total. The van der Waals surface area contributed by atoms with Gasteiger partial charge in [0.15, 0.2) is 0 Å². The second-order valence-electron chi connectivity index (χ2n) is 4.20. The van der Waals surface area contributed by atoms with Crippen molar-refractivity contribution < 1.29 is 14.6 Å². The van der Waals surface area contributed by atoms with Crippen LogP contribution in [0.25, 0.3) is 0 Å². The van der Waals surface area contributed by atoms with Crippen LogP contribution in [0.5, 0.6) is 5.75 Å². The van der Waals surface area contributed by atoms with Gasteiger partial charge in [-0.25, -0.2) is 0 Å². The van der Waals surface area contributed by atoms with Crippen LogP contribution in [0.3, 0.4) is 0 Å². The van der Waals surface area contributed by atoms with Gasteiger partial charge in [0.05, 0.1) is 7.11 Å². The van der Waals surface area contributed by atoms with E-state index in [1.54, 1.807) is 7.11 Å². The van der Waals surface area contributed by atoms with E-state index >= 15 is 0 Å². The fraction of sp³-hybridized carbons (Fsp3) is 0.500. The number of methoxy groups -OCH3 is 1. The Morgan fingerprint density at radius 1 is 1.44 bits per heavy atom. The minimum Gasteiger partial charge on any atom is -0.496 e. The van der Waals surface area contributed by atoms with Crippen molar-refractivity contribution in [1.29, 1.82) is 0 Å². The second-order valence-corrected chi connectivity index (χ2v) is 4.20. The Balaban J connectivity index is 2.47. The Bertz CT molecular complexity index is 379. The van der Waals surface area contributed by atoms with Crippen LogP contribution in [0.4, 0.5) is 0 Å². The summed E-state index contributed by atoms with van der Waals surface area (Å²) in [5.41, 5.74) is 1.09. The van der Waals surface area contributed by atoms with Gasteiger partial charge in [-0.2, -0.15) is 0 Å². The van der Waals surface area contributed by atoms with E-state index in [2.05, 4.69) is 5.32 Å². The molecule has 1 aromatic rings. The monoisotopic (exact) mass is 251 g/mol. The molecule has 0 radical (unpaired) electrons. The largest absolute Gasteiger partial charge is 0.496 e. The van der Waals surface area contributed by atoms with Gasteiger partial charge >= 0.3 is 5.97 Å². The molecule has 0 aliphatic rings. The Morgan fingerprint density at radius 2 is 2.17 bits per heavy atom. The molecular weight excluding hydrogens is 230 g/mol. The van der Waals surface area contributed by atoms with E-state index in [-0.39, 0.29) is 0 Å². The highest BCUT2D eigenvalue weighted by molar-refractivity contribution is 5.73. The zero-order chi connectivity index (χ0) is 13.4. The van der Waals surface area contributed by atoms with Crippen LogP contribution >= 0.6 is 0 Å². The van der Waals surface area contributed by atoms with Crippen LogP contribution in [-0.4, -0.2) is 30.8 Å². The third kappa shape index (κ3) is 4.37. The van der Waals surface area contributed by atoms with Gasteiger partial charge < -0.3 is 15.2 Å². The lowest BCUT2D eigenvalue weighted by Crippen LogP contribution is -2.37. The fourth-order valence-corrected chi connectivity index (χ4v) is 1.89. The number of benzene rings is 1. The van der Waals surface area contributed by atoms with Gasteiger partial charge in [0.1, 0.15) is 11.8 Å². The van der Waals surface area contributed by atoms with E-state index in [1.165, 1.54) is 0 Å². The summed E-state index contributed by atoms with van der Waals surface area (Å²) in [6.45, 7) is 2.62. The molecule has 0 aliphatic carbocycles. The normalized spacial score (nSPS) is 12.1. The summed E-state index contributed by atoms with van der Waals surface area (Å²) in [6, 6.07) is 7.34. The average molecular weight is 251 g/mol. The Morgan fingerprint density at radius 3 is 2.78 bits per heavy atom. The number of hydrogen-bond acceptors (Lipinski definition) is 3. The molecule has 0 saturated carbocycles. The van der Waals surface area contributed by atoms with Gasteiger partial charge in [0.25, 0.3) is 0 Å². The summed E-state index contributed by atoms with van der Waals surface area (Å²) >= 11 is 0. The summed E-state index contributed by atoms with van der Waals surface area (Å²) in [5, 5.41) is 12.1. The van der Waals surface area contributed by atoms with Crippen molar-refractivity contribution in [2.75, 3.05) is 13.7 Å². The zero-order valence-corrected chi connectivity index (χ0v) is 11.0. The van der Waals surface area contributed by atoms with Crippen molar-refractivity contribution in [1.82, 2.24) is 5.32 Å². The summed E-state index contributed by atoms with van der Waals surface area (Å²) in [6.07, 6.45) is 2.28. The highest BCUT2D eigenvalue weighted by Crippen LogP contribution is 2.17. The van der Waals surface area contributed by atoms with Crippen LogP contribution < -0.4 is 10.1 Å². The molecule has 0 spiro atoms. The Hall–Kier alpha value is -1.55. The standard InChI is InChI=1S/C14H21NO3/c1-3-6-12(14(16)17)15-10-9-11-7-4-5-8-13(11)18-2/h4-5,7-8,12,15H,3,6,9-10H2,1-2H3,(H,16,17). The Labute approximate surface area is 108 Å². The van der Waals surface area contributed by atoms with Crippen LogP contribution in [0.15, 0.2) is 24.3 Å². The van der Waals surface area contributed by atoms with Gasteiger partial charge in [-0.05, 0) is 24.5 Å². The molecule has 0 heterocycles.